The Bertz CT molecular complexity index is 1130. The van der Waals surface area contributed by atoms with Gasteiger partial charge in [0.15, 0.2) is 12.3 Å². The molecule has 2 amide bonds. The van der Waals surface area contributed by atoms with Crippen LogP contribution in [0.1, 0.15) is 24.3 Å². The van der Waals surface area contributed by atoms with Gasteiger partial charge < -0.3 is 4.74 Å². The zero-order valence-electron chi connectivity index (χ0n) is 16.5. The van der Waals surface area contributed by atoms with Gasteiger partial charge in [0, 0.05) is 11.9 Å². The first-order valence-electron chi connectivity index (χ1n) is 9.32. The Morgan fingerprint density at radius 3 is 2.40 bits per heavy atom. The Morgan fingerprint density at radius 2 is 1.73 bits per heavy atom. The number of carbonyl (C=O) groups is 2. The predicted octanol–water partition coefficient (Wildman–Crippen LogP) is 2.03. The molecule has 0 aliphatic carbocycles. The van der Waals surface area contributed by atoms with Crippen LogP contribution in [0.25, 0.3) is 10.8 Å². The van der Waals surface area contributed by atoms with Crippen molar-refractivity contribution < 1.29 is 18.7 Å². The van der Waals surface area contributed by atoms with Crippen LogP contribution in [-0.2, 0) is 11.3 Å². The van der Waals surface area contributed by atoms with Crippen LogP contribution in [-0.4, -0.2) is 28.2 Å². The lowest BCUT2D eigenvalue weighted by Crippen LogP contribution is -2.44. The molecule has 0 spiro atoms. The smallest absolute Gasteiger partial charge is 0.290 e. The molecular weight excluding hydrogens is 391 g/mol. The van der Waals surface area contributed by atoms with E-state index in [9.17, 15) is 18.8 Å². The normalized spacial score (nSPS) is 10.8. The average Bonchev–Trinajstić information content (AvgIpc) is 2.73. The highest BCUT2D eigenvalue weighted by molar-refractivity contribution is 6.05. The average molecular weight is 412 g/mol. The Morgan fingerprint density at radius 1 is 1.07 bits per heavy atom. The van der Waals surface area contributed by atoms with Crippen LogP contribution in [0.3, 0.4) is 0 Å². The Balaban J connectivity index is 1.71. The van der Waals surface area contributed by atoms with Crippen molar-refractivity contribution in [2.24, 2.45) is 5.92 Å². The van der Waals surface area contributed by atoms with Gasteiger partial charge in [-0.2, -0.15) is 5.10 Å². The van der Waals surface area contributed by atoms with E-state index in [0.29, 0.717) is 23.1 Å². The standard InChI is InChI=1S/C21H21FN4O4/c1-13(2)11-26-21(29)17-6-4-3-5-16(17)19(25-26)20(28)24-23-18(27)12-30-15-9-7-14(22)8-10-15/h3-10,13H,11-12H2,1-2H3,(H,23,27)(H,24,28). The largest absolute Gasteiger partial charge is 0.484 e. The van der Waals surface area contributed by atoms with Crippen LogP contribution in [0, 0.1) is 11.7 Å². The molecule has 156 valence electrons. The first-order chi connectivity index (χ1) is 14.3. The molecule has 0 fully saturated rings. The maximum Gasteiger partial charge on any atom is 0.290 e. The molecule has 1 aromatic heterocycles. The zero-order chi connectivity index (χ0) is 21.7. The van der Waals surface area contributed by atoms with Gasteiger partial charge in [-0.05, 0) is 36.2 Å². The minimum absolute atomic E-state index is 0.0191. The number of carbonyl (C=O) groups excluding carboxylic acids is 2. The maximum atomic E-state index is 12.9. The fourth-order valence-corrected chi connectivity index (χ4v) is 2.77. The number of aromatic nitrogens is 2. The number of fused-ring (bicyclic) bond motifs is 1. The van der Waals surface area contributed by atoms with E-state index in [4.69, 9.17) is 4.74 Å². The minimum Gasteiger partial charge on any atom is -0.484 e. The molecular formula is C21H21FN4O4. The van der Waals surface area contributed by atoms with E-state index >= 15 is 0 Å². The summed E-state index contributed by atoms with van der Waals surface area (Å²) in [7, 11) is 0. The van der Waals surface area contributed by atoms with Crippen LogP contribution in [0.15, 0.2) is 53.3 Å². The van der Waals surface area contributed by atoms with Crippen LogP contribution < -0.4 is 21.1 Å². The maximum absolute atomic E-state index is 12.9. The van der Waals surface area contributed by atoms with Gasteiger partial charge in [-0.25, -0.2) is 9.07 Å². The van der Waals surface area contributed by atoms with Gasteiger partial charge in [-0.15, -0.1) is 0 Å². The summed E-state index contributed by atoms with van der Waals surface area (Å²) in [5.74, 6) is -1.24. The van der Waals surface area contributed by atoms with Crippen molar-refractivity contribution in [2.45, 2.75) is 20.4 Å². The summed E-state index contributed by atoms with van der Waals surface area (Å²) < 4.78 is 19.4. The van der Waals surface area contributed by atoms with E-state index in [-0.39, 0.29) is 23.8 Å². The summed E-state index contributed by atoms with van der Waals surface area (Å²) in [6.07, 6.45) is 0. The Kier molecular flexibility index (Phi) is 6.41. The van der Waals surface area contributed by atoms with Gasteiger partial charge in [0.25, 0.3) is 17.4 Å². The number of halogens is 1. The van der Waals surface area contributed by atoms with Crippen molar-refractivity contribution in [3.05, 3.63) is 70.4 Å². The van der Waals surface area contributed by atoms with Gasteiger partial charge in [0.05, 0.1) is 5.39 Å². The molecule has 0 unspecified atom stereocenters. The fourth-order valence-electron chi connectivity index (χ4n) is 2.77. The molecule has 2 aromatic carbocycles. The second kappa shape index (κ2) is 9.17. The molecule has 3 rings (SSSR count). The number of ether oxygens (including phenoxy) is 1. The summed E-state index contributed by atoms with van der Waals surface area (Å²) in [6, 6.07) is 11.8. The predicted molar refractivity (Wildman–Crippen MR) is 108 cm³/mol. The highest BCUT2D eigenvalue weighted by Gasteiger charge is 2.17. The summed E-state index contributed by atoms with van der Waals surface area (Å²) in [4.78, 5) is 37.2. The lowest BCUT2D eigenvalue weighted by molar-refractivity contribution is -0.123. The van der Waals surface area contributed by atoms with E-state index in [0.717, 1.165) is 0 Å². The van der Waals surface area contributed by atoms with Crippen LogP contribution >= 0.6 is 0 Å². The van der Waals surface area contributed by atoms with Crippen LogP contribution in [0.2, 0.25) is 0 Å². The molecule has 0 saturated carbocycles. The van der Waals surface area contributed by atoms with Gasteiger partial charge in [0.2, 0.25) is 0 Å². The van der Waals surface area contributed by atoms with Crippen molar-refractivity contribution in [1.29, 1.82) is 0 Å². The third-order valence-electron chi connectivity index (χ3n) is 4.12. The molecule has 1 heterocycles. The molecule has 0 radical (unpaired) electrons. The first-order valence-corrected chi connectivity index (χ1v) is 9.32. The quantitative estimate of drug-likeness (QED) is 0.603. The summed E-state index contributed by atoms with van der Waals surface area (Å²) >= 11 is 0. The number of nitrogens with zero attached hydrogens (tertiary/aromatic N) is 2. The van der Waals surface area contributed by atoms with E-state index in [1.165, 1.54) is 28.9 Å². The van der Waals surface area contributed by atoms with E-state index in [2.05, 4.69) is 16.0 Å². The number of amides is 2. The molecule has 3 aromatic rings. The third kappa shape index (κ3) is 4.99. The number of hydrogen-bond donors (Lipinski definition) is 2. The highest BCUT2D eigenvalue weighted by Crippen LogP contribution is 2.14. The molecule has 0 aliphatic heterocycles. The molecule has 0 aliphatic rings. The molecule has 30 heavy (non-hydrogen) atoms. The zero-order valence-corrected chi connectivity index (χ0v) is 16.5. The number of hydrazine groups is 1. The monoisotopic (exact) mass is 412 g/mol. The summed E-state index contributed by atoms with van der Waals surface area (Å²) in [6.45, 7) is 3.84. The molecule has 9 heteroatoms. The minimum atomic E-state index is -0.668. The van der Waals surface area contributed by atoms with Gasteiger partial charge in [-0.1, -0.05) is 32.0 Å². The lowest BCUT2D eigenvalue weighted by atomic mass is 10.1. The van der Waals surface area contributed by atoms with Crippen molar-refractivity contribution >= 4 is 22.6 Å². The third-order valence-corrected chi connectivity index (χ3v) is 4.12. The van der Waals surface area contributed by atoms with Crippen molar-refractivity contribution in [3.63, 3.8) is 0 Å². The lowest BCUT2D eigenvalue weighted by Gasteiger charge is -2.13. The van der Waals surface area contributed by atoms with Crippen LogP contribution in [0.4, 0.5) is 4.39 Å². The number of hydrogen-bond acceptors (Lipinski definition) is 5. The number of nitrogens with one attached hydrogen (secondary N) is 2. The second-order valence-corrected chi connectivity index (χ2v) is 7.02. The van der Waals surface area contributed by atoms with Crippen molar-refractivity contribution in [3.8, 4) is 5.75 Å². The van der Waals surface area contributed by atoms with Gasteiger partial charge in [0.1, 0.15) is 11.6 Å². The molecule has 0 atom stereocenters. The molecule has 2 N–H and O–H groups in total. The summed E-state index contributed by atoms with van der Waals surface area (Å²) in [5, 5.41) is 4.95. The topological polar surface area (TPSA) is 102 Å². The first kappa shape index (κ1) is 21.0. The highest BCUT2D eigenvalue weighted by atomic mass is 19.1. The SMILES string of the molecule is CC(C)Cn1nc(C(=O)NNC(=O)COc2ccc(F)cc2)c2ccccc2c1=O. The van der Waals surface area contributed by atoms with E-state index in [1.807, 2.05) is 13.8 Å². The number of rotatable bonds is 6. The van der Waals surface area contributed by atoms with Crippen molar-refractivity contribution in [2.75, 3.05) is 6.61 Å². The molecule has 8 nitrogen and oxygen atoms in total. The summed E-state index contributed by atoms with van der Waals surface area (Å²) in [5.41, 5.74) is 4.25. The Hall–Kier alpha value is -3.75. The van der Waals surface area contributed by atoms with Gasteiger partial charge >= 0.3 is 0 Å². The van der Waals surface area contributed by atoms with Crippen molar-refractivity contribution in [1.82, 2.24) is 20.6 Å². The Labute approximate surface area is 171 Å². The fraction of sp³-hybridized carbons (Fsp3) is 0.238. The van der Waals surface area contributed by atoms with E-state index < -0.39 is 17.6 Å². The molecule has 0 bridgehead atoms. The second-order valence-electron chi connectivity index (χ2n) is 7.02. The number of benzene rings is 2. The van der Waals surface area contributed by atoms with Crippen LogP contribution in [0.5, 0.6) is 5.75 Å². The van der Waals surface area contributed by atoms with E-state index in [1.54, 1.807) is 24.3 Å². The molecule has 0 saturated heterocycles. The van der Waals surface area contributed by atoms with Gasteiger partial charge in [-0.3, -0.25) is 25.2 Å².